The molecule has 0 spiro atoms. The van der Waals surface area contributed by atoms with E-state index < -0.39 is 17.8 Å². The van der Waals surface area contributed by atoms with Crippen LogP contribution in [0, 0.1) is 0 Å². The zero-order valence-electron chi connectivity index (χ0n) is 11.7. The number of anilines is 1. The highest BCUT2D eigenvalue weighted by molar-refractivity contribution is 5.47. The maximum absolute atomic E-state index is 12.5. The van der Waals surface area contributed by atoms with Crippen molar-refractivity contribution in [3.8, 4) is 0 Å². The lowest BCUT2D eigenvalue weighted by Crippen LogP contribution is -2.09. The summed E-state index contributed by atoms with van der Waals surface area (Å²) >= 11 is 0. The monoisotopic (exact) mass is 295 g/mol. The van der Waals surface area contributed by atoms with E-state index in [0.717, 1.165) is 17.8 Å². The van der Waals surface area contributed by atoms with E-state index in [1.165, 1.54) is 12.1 Å². The van der Waals surface area contributed by atoms with Crippen LogP contribution in [0.15, 0.2) is 48.5 Å². The highest BCUT2D eigenvalue weighted by Gasteiger charge is 2.30. The first-order valence-corrected chi connectivity index (χ1v) is 6.41. The van der Waals surface area contributed by atoms with Crippen LogP contribution in [-0.4, -0.2) is 19.2 Å². The minimum Gasteiger partial charge on any atom is -0.384 e. The molecule has 1 atom stereocenters. The fraction of sp³-hybridized carbons (Fsp3) is 0.250. The molecule has 5 heteroatoms. The van der Waals surface area contributed by atoms with Gasteiger partial charge in [-0.05, 0) is 35.4 Å². The molecule has 0 aliphatic heterocycles. The van der Waals surface area contributed by atoms with Crippen LogP contribution in [0.3, 0.4) is 0 Å². The summed E-state index contributed by atoms with van der Waals surface area (Å²) in [7, 11) is 3.81. The summed E-state index contributed by atoms with van der Waals surface area (Å²) in [4.78, 5) is 1.92. The molecule has 21 heavy (non-hydrogen) atoms. The van der Waals surface area contributed by atoms with Gasteiger partial charge in [0.2, 0.25) is 0 Å². The molecule has 1 N–H and O–H groups in total. The highest BCUT2D eigenvalue weighted by atomic mass is 19.4. The zero-order valence-corrected chi connectivity index (χ0v) is 11.7. The van der Waals surface area contributed by atoms with Crippen molar-refractivity contribution in [1.82, 2.24) is 0 Å². The number of alkyl halides is 3. The molecule has 0 amide bonds. The van der Waals surface area contributed by atoms with Crippen molar-refractivity contribution in [2.45, 2.75) is 12.3 Å². The van der Waals surface area contributed by atoms with E-state index in [-0.39, 0.29) is 0 Å². The predicted molar refractivity (Wildman–Crippen MR) is 76.3 cm³/mol. The van der Waals surface area contributed by atoms with Crippen molar-refractivity contribution in [1.29, 1.82) is 0 Å². The summed E-state index contributed by atoms with van der Waals surface area (Å²) < 4.78 is 37.5. The summed E-state index contributed by atoms with van der Waals surface area (Å²) in [6.07, 6.45) is -5.31. The van der Waals surface area contributed by atoms with Gasteiger partial charge in [0, 0.05) is 19.8 Å². The van der Waals surface area contributed by atoms with Gasteiger partial charge in [0.05, 0.1) is 5.56 Å². The third kappa shape index (κ3) is 3.55. The molecule has 1 unspecified atom stereocenters. The molecule has 0 aromatic heterocycles. The molecule has 0 heterocycles. The maximum atomic E-state index is 12.5. The third-order valence-electron chi connectivity index (χ3n) is 3.28. The Labute approximate surface area is 121 Å². The molecular formula is C16H16F3NO. The van der Waals surface area contributed by atoms with Crippen molar-refractivity contribution in [3.05, 3.63) is 65.2 Å². The van der Waals surface area contributed by atoms with E-state index in [1.807, 2.05) is 31.1 Å². The van der Waals surface area contributed by atoms with Crippen LogP contribution in [-0.2, 0) is 6.18 Å². The molecule has 0 radical (unpaired) electrons. The van der Waals surface area contributed by atoms with Gasteiger partial charge in [-0.25, -0.2) is 0 Å². The fourth-order valence-electron chi connectivity index (χ4n) is 2.00. The summed E-state index contributed by atoms with van der Waals surface area (Å²) in [6.45, 7) is 0. The van der Waals surface area contributed by atoms with Gasteiger partial charge < -0.3 is 10.0 Å². The van der Waals surface area contributed by atoms with Gasteiger partial charge in [-0.3, -0.25) is 0 Å². The van der Waals surface area contributed by atoms with E-state index in [9.17, 15) is 18.3 Å². The zero-order chi connectivity index (χ0) is 15.6. The number of hydrogen-bond donors (Lipinski definition) is 1. The predicted octanol–water partition coefficient (Wildman–Crippen LogP) is 3.85. The summed E-state index contributed by atoms with van der Waals surface area (Å²) in [5.41, 5.74) is 1.33. The number of hydrogen-bond acceptors (Lipinski definition) is 2. The second kappa shape index (κ2) is 5.77. The number of benzene rings is 2. The van der Waals surface area contributed by atoms with Crippen LogP contribution in [0.5, 0.6) is 0 Å². The molecule has 0 saturated heterocycles. The van der Waals surface area contributed by atoms with Crippen molar-refractivity contribution >= 4 is 5.69 Å². The number of nitrogens with zero attached hydrogens (tertiary/aromatic N) is 1. The lowest BCUT2D eigenvalue weighted by atomic mass is 10.00. The molecule has 112 valence electrons. The number of aliphatic hydroxyl groups excluding tert-OH is 1. The van der Waals surface area contributed by atoms with E-state index in [4.69, 9.17) is 0 Å². The van der Waals surface area contributed by atoms with Gasteiger partial charge in [-0.2, -0.15) is 13.2 Å². The topological polar surface area (TPSA) is 23.5 Å². The van der Waals surface area contributed by atoms with E-state index in [1.54, 1.807) is 12.1 Å². The van der Waals surface area contributed by atoms with Crippen LogP contribution in [0.1, 0.15) is 22.8 Å². The molecule has 0 aliphatic carbocycles. The largest absolute Gasteiger partial charge is 0.416 e. The smallest absolute Gasteiger partial charge is 0.384 e. The van der Waals surface area contributed by atoms with Crippen molar-refractivity contribution in [2.24, 2.45) is 0 Å². The molecule has 2 aromatic carbocycles. The van der Waals surface area contributed by atoms with E-state index in [0.29, 0.717) is 11.1 Å². The Balaban J connectivity index is 2.21. The Morgan fingerprint density at radius 2 is 1.29 bits per heavy atom. The SMILES string of the molecule is CN(C)c1ccc(C(O)c2ccc(C(F)(F)F)cc2)cc1. The van der Waals surface area contributed by atoms with Gasteiger partial charge in [0.15, 0.2) is 0 Å². The van der Waals surface area contributed by atoms with Crippen LogP contribution >= 0.6 is 0 Å². The van der Waals surface area contributed by atoms with Gasteiger partial charge in [0.25, 0.3) is 0 Å². The summed E-state index contributed by atoms with van der Waals surface area (Å²) in [5.74, 6) is 0. The average Bonchev–Trinajstić information content (AvgIpc) is 2.46. The highest BCUT2D eigenvalue weighted by Crippen LogP contribution is 2.31. The first kappa shape index (κ1) is 15.4. The van der Waals surface area contributed by atoms with Crippen LogP contribution in [0.2, 0.25) is 0 Å². The molecule has 0 fully saturated rings. The van der Waals surface area contributed by atoms with Gasteiger partial charge in [0.1, 0.15) is 6.10 Å². The molecule has 2 rings (SSSR count). The average molecular weight is 295 g/mol. The van der Waals surface area contributed by atoms with Crippen LogP contribution < -0.4 is 4.90 Å². The van der Waals surface area contributed by atoms with Crippen molar-refractivity contribution in [2.75, 3.05) is 19.0 Å². The minimum absolute atomic E-state index is 0.431. The fourth-order valence-corrected chi connectivity index (χ4v) is 2.00. The molecular weight excluding hydrogens is 279 g/mol. The van der Waals surface area contributed by atoms with Gasteiger partial charge in [-0.15, -0.1) is 0 Å². The standard InChI is InChI=1S/C16H16F3NO/c1-20(2)14-9-5-12(6-10-14)15(21)11-3-7-13(8-4-11)16(17,18)19/h3-10,15,21H,1-2H3. The van der Waals surface area contributed by atoms with Gasteiger partial charge in [-0.1, -0.05) is 24.3 Å². The van der Waals surface area contributed by atoms with Crippen LogP contribution in [0.4, 0.5) is 18.9 Å². The number of halogens is 3. The van der Waals surface area contributed by atoms with Crippen molar-refractivity contribution in [3.63, 3.8) is 0 Å². The Bertz CT molecular complexity index is 588. The van der Waals surface area contributed by atoms with Crippen molar-refractivity contribution < 1.29 is 18.3 Å². The Morgan fingerprint density at radius 3 is 1.67 bits per heavy atom. The summed E-state index contributed by atoms with van der Waals surface area (Å²) in [6, 6.07) is 11.8. The molecule has 0 bridgehead atoms. The Hall–Kier alpha value is -2.01. The molecule has 0 saturated carbocycles. The van der Waals surface area contributed by atoms with Crippen LogP contribution in [0.25, 0.3) is 0 Å². The molecule has 2 aromatic rings. The number of rotatable bonds is 3. The quantitative estimate of drug-likeness (QED) is 0.929. The lowest BCUT2D eigenvalue weighted by molar-refractivity contribution is -0.137. The molecule has 0 aliphatic rings. The van der Waals surface area contributed by atoms with E-state index >= 15 is 0 Å². The van der Waals surface area contributed by atoms with E-state index in [2.05, 4.69) is 0 Å². The normalized spacial score (nSPS) is 13.0. The second-order valence-electron chi connectivity index (χ2n) is 5.01. The maximum Gasteiger partial charge on any atom is 0.416 e. The number of aliphatic hydroxyl groups is 1. The third-order valence-corrected chi connectivity index (χ3v) is 3.28. The first-order valence-electron chi connectivity index (χ1n) is 6.41. The minimum atomic E-state index is -4.36. The second-order valence-corrected chi connectivity index (χ2v) is 5.01. The molecule has 2 nitrogen and oxygen atoms in total. The Kier molecular flexibility index (Phi) is 4.23. The lowest BCUT2D eigenvalue weighted by Gasteiger charge is -2.16. The first-order chi connectivity index (χ1) is 9.79. The Morgan fingerprint density at radius 1 is 0.857 bits per heavy atom. The van der Waals surface area contributed by atoms with Gasteiger partial charge >= 0.3 is 6.18 Å². The summed E-state index contributed by atoms with van der Waals surface area (Å²) in [5, 5.41) is 10.2.